The summed E-state index contributed by atoms with van der Waals surface area (Å²) in [5, 5.41) is 2.55. The van der Waals surface area contributed by atoms with Crippen molar-refractivity contribution in [2.24, 2.45) is 0 Å². The highest BCUT2D eigenvalue weighted by atomic mass is 16.6. The number of nitrogens with one attached hydrogen (secondary N) is 1. The molecule has 1 amide bonds. The Kier molecular flexibility index (Phi) is 4.21. The van der Waals surface area contributed by atoms with Crippen LogP contribution in [0.5, 0.6) is 5.75 Å². The molecule has 1 aromatic rings. The normalized spacial score (nSPS) is 14.9. The van der Waals surface area contributed by atoms with E-state index in [1.165, 1.54) is 0 Å². The van der Waals surface area contributed by atoms with Gasteiger partial charge in [0.05, 0.1) is 12.6 Å². The van der Waals surface area contributed by atoms with Crippen LogP contribution in [0, 0.1) is 0 Å². The minimum atomic E-state index is -0.653. The van der Waals surface area contributed by atoms with E-state index in [9.17, 15) is 9.59 Å². The maximum atomic E-state index is 12.3. The molecule has 0 saturated heterocycles. The molecule has 0 saturated carbocycles. The number of hydrogen-bond acceptors (Lipinski definition) is 4. The van der Waals surface area contributed by atoms with E-state index in [4.69, 9.17) is 9.47 Å². The zero-order valence-electron chi connectivity index (χ0n) is 12.9. The molecule has 1 N–H and O–H groups in total. The van der Waals surface area contributed by atoms with Crippen LogP contribution in [0.2, 0.25) is 0 Å². The molecular weight excluding hydrogens is 270 g/mol. The van der Waals surface area contributed by atoms with Crippen LogP contribution < -0.4 is 10.1 Å². The minimum Gasteiger partial charge on any atom is -0.493 e. The summed E-state index contributed by atoms with van der Waals surface area (Å²) in [7, 11) is 0. The van der Waals surface area contributed by atoms with Crippen LogP contribution in [-0.2, 0) is 11.2 Å². The molecule has 1 aromatic carbocycles. The summed E-state index contributed by atoms with van der Waals surface area (Å²) in [5.41, 5.74) is 1.05. The van der Waals surface area contributed by atoms with Gasteiger partial charge in [-0.15, -0.1) is 0 Å². The highest BCUT2D eigenvalue weighted by Gasteiger charge is 2.23. The van der Waals surface area contributed by atoms with Crippen LogP contribution >= 0.6 is 0 Å². The van der Waals surface area contributed by atoms with E-state index in [1.54, 1.807) is 39.8 Å². The van der Waals surface area contributed by atoms with E-state index in [0.29, 0.717) is 12.2 Å². The predicted octanol–water partition coefficient (Wildman–Crippen LogP) is 2.72. The Morgan fingerprint density at radius 3 is 2.71 bits per heavy atom. The Balaban J connectivity index is 2.01. The quantitative estimate of drug-likeness (QED) is 0.870. The largest absolute Gasteiger partial charge is 0.493 e. The van der Waals surface area contributed by atoms with Gasteiger partial charge >= 0.3 is 6.09 Å². The summed E-state index contributed by atoms with van der Waals surface area (Å²) in [6.45, 7) is 7.61. The van der Waals surface area contributed by atoms with Gasteiger partial charge in [-0.3, -0.25) is 4.79 Å². The SMILES string of the molecule is C[C@H](NC(=O)OC(C)(C)C)C(=O)c1ccc2c(c1)OCC2. The summed E-state index contributed by atoms with van der Waals surface area (Å²) in [6, 6.07) is 4.75. The standard InChI is InChI=1S/C16H21NO4/c1-10(17-15(19)21-16(2,3)4)14(18)12-6-5-11-7-8-20-13(11)9-12/h5-6,9-10H,7-8H2,1-4H3,(H,17,19)/t10-/m0/s1. The number of alkyl carbamates (subject to hydrolysis) is 1. The molecule has 5 nitrogen and oxygen atoms in total. The molecule has 1 aliphatic heterocycles. The first-order valence-corrected chi connectivity index (χ1v) is 7.06. The number of hydrogen-bond donors (Lipinski definition) is 1. The van der Waals surface area contributed by atoms with E-state index in [2.05, 4.69) is 5.32 Å². The van der Waals surface area contributed by atoms with Gasteiger partial charge in [0.25, 0.3) is 0 Å². The van der Waals surface area contributed by atoms with Crippen LogP contribution in [0.4, 0.5) is 4.79 Å². The third-order valence-corrected chi connectivity index (χ3v) is 3.11. The van der Waals surface area contributed by atoms with E-state index in [0.717, 1.165) is 17.7 Å². The second-order valence-electron chi connectivity index (χ2n) is 6.15. The van der Waals surface area contributed by atoms with E-state index < -0.39 is 17.7 Å². The highest BCUT2D eigenvalue weighted by molar-refractivity contribution is 6.01. The topological polar surface area (TPSA) is 64.6 Å². The third kappa shape index (κ3) is 3.97. The number of amides is 1. The Morgan fingerprint density at radius 2 is 2.05 bits per heavy atom. The number of ketones is 1. The molecule has 0 aromatic heterocycles. The lowest BCUT2D eigenvalue weighted by molar-refractivity contribution is 0.0497. The summed E-state index contributed by atoms with van der Waals surface area (Å²) in [5.74, 6) is 0.587. The summed E-state index contributed by atoms with van der Waals surface area (Å²) < 4.78 is 10.6. The zero-order valence-corrected chi connectivity index (χ0v) is 12.9. The lowest BCUT2D eigenvalue weighted by Crippen LogP contribution is -2.41. The molecule has 0 bridgehead atoms. The number of ether oxygens (including phenoxy) is 2. The monoisotopic (exact) mass is 291 g/mol. The van der Waals surface area contributed by atoms with E-state index in [-0.39, 0.29) is 5.78 Å². The van der Waals surface area contributed by atoms with Crippen molar-refractivity contribution in [2.45, 2.75) is 45.8 Å². The van der Waals surface area contributed by atoms with Crippen molar-refractivity contribution < 1.29 is 19.1 Å². The smallest absolute Gasteiger partial charge is 0.408 e. The predicted molar refractivity (Wildman–Crippen MR) is 78.8 cm³/mol. The molecular formula is C16H21NO4. The number of carbonyl (C=O) groups excluding carboxylic acids is 2. The molecule has 0 fully saturated rings. The van der Waals surface area contributed by atoms with Crippen molar-refractivity contribution in [1.82, 2.24) is 5.32 Å². The molecule has 1 heterocycles. The number of carbonyl (C=O) groups is 2. The summed E-state index contributed by atoms with van der Waals surface area (Å²) in [4.78, 5) is 24.0. The van der Waals surface area contributed by atoms with Gasteiger partial charge < -0.3 is 14.8 Å². The van der Waals surface area contributed by atoms with E-state index in [1.807, 2.05) is 6.07 Å². The molecule has 5 heteroatoms. The van der Waals surface area contributed by atoms with Crippen LogP contribution in [0.1, 0.15) is 43.6 Å². The lowest BCUT2D eigenvalue weighted by Gasteiger charge is -2.21. The van der Waals surface area contributed by atoms with Crippen LogP contribution in [0.15, 0.2) is 18.2 Å². The second kappa shape index (κ2) is 5.76. The number of fused-ring (bicyclic) bond motifs is 1. The van der Waals surface area contributed by atoms with Gasteiger partial charge in [-0.2, -0.15) is 0 Å². The zero-order chi connectivity index (χ0) is 15.6. The van der Waals surface area contributed by atoms with Crippen molar-refractivity contribution in [3.63, 3.8) is 0 Å². The first-order valence-electron chi connectivity index (χ1n) is 7.06. The maximum absolute atomic E-state index is 12.3. The molecule has 114 valence electrons. The Morgan fingerprint density at radius 1 is 1.33 bits per heavy atom. The van der Waals surface area contributed by atoms with Gasteiger partial charge in [-0.1, -0.05) is 12.1 Å². The summed E-state index contributed by atoms with van der Waals surface area (Å²) in [6.07, 6.45) is 0.274. The van der Waals surface area contributed by atoms with Crippen molar-refractivity contribution in [1.29, 1.82) is 0 Å². The average molecular weight is 291 g/mol. The van der Waals surface area contributed by atoms with Gasteiger partial charge in [0.15, 0.2) is 5.78 Å². The molecule has 1 atom stereocenters. The van der Waals surface area contributed by atoms with Gasteiger partial charge in [-0.05, 0) is 39.3 Å². The summed E-state index contributed by atoms with van der Waals surface area (Å²) >= 11 is 0. The fourth-order valence-electron chi connectivity index (χ4n) is 2.12. The Hall–Kier alpha value is -2.04. The van der Waals surface area contributed by atoms with E-state index >= 15 is 0 Å². The van der Waals surface area contributed by atoms with Gasteiger partial charge in [-0.25, -0.2) is 4.79 Å². The average Bonchev–Trinajstić information content (AvgIpc) is 2.82. The van der Waals surface area contributed by atoms with Crippen LogP contribution in [0.25, 0.3) is 0 Å². The fourth-order valence-corrected chi connectivity index (χ4v) is 2.12. The number of benzene rings is 1. The second-order valence-corrected chi connectivity index (χ2v) is 6.15. The molecule has 2 rings (SSSR count). The molecule has 0 unspecified atom stereocenters. The fraction of sp³-hybridized carbons (Fsp3) is 0.500. The Bertz CT molecular complexity index is 560. The first kappa shape index (κ1) is 15.4. The van der Waals surface area contributed by atoms with Crippen molar-refractivity contribution in [2.75, 3.05) is 6.61 Å². The molecule has 21 heavy (non-hydrogen) atoms. The van der Waals surface area contributed by atoms with Crippen LogP contribution in [-0.4, -0.2) is 30.1 Å². The Labute approximate surface area is 124 Å². The van der Waals surface area contributed by atoms with Crippen molar-refractivity contribution >= 4 is 11.9 Å². The van der Waals surface area contributed by atoms with Crippen molar-refractivity contribution in [3.8, 4) is 5.75 Å². The highest BCUT2D eigenvalue weighted by Crippen LogP contribution is 2.26. The van der Waals surface area contributed by atoms with Gasteiger partial charge in [0.1, 0.15) is 11.4 Å². The minimum absolute atomic E-state index is 0.167. The molecule has 1 aliphatic rings. The van der Waals surface area contributed by atoms with Crippen LogP contribution in [0.3, 0.4) is 0 Å². The molecule has 0 spiro atoms. The third-order valence-electron chi connectivity index (χ3n) is 3.11. The van der Waals surface area contributed by atoms with Gasteiger partial charge in [0, 0.05) is 12.0 Å². The maximum Gasteiger partial charge on any atom is 0.408 e. The molecule has 0 aliphatic carbocycles. The lowest BCUT2D eigenvalue weighted by atomic mass is 10.0. The molecule has 0 radical (unpaired) electrons. The number of Topliss-reactive ketones (excluding diaryl/α,β-unsaturated/α-hetero) is 1. The van der Waals surface area contributed by atoms with Crippen molar-refractivity contribution in [3.05, 3.63) is 29.3 Å². The first-order chi connectivity index (χ1) is 9.76. The van der Waals surface area contributed by atoms with Gasteiger partial charge in [0.2, 0.25) is 0 Å². The number of rotatable bonds is 3.